The molecule has 0 aliphatic heterocycles. The lowest BCUT2D eigenvalue weighted by Crippen LogP contribution is -2.13. The van der Waals surface area contributed by atoms with Gasteiger partial charge in [-0.2, -0.15) is 26.3 Å². The van der Waals surface area contributed by atoms with Crippen LogP contribution in [0.3, 0.4) is 0 Å². The van der Waals surface area contributed by atoms with E-state index in [2.05, 4.69) is 0 Å². The van der Waals surface area contributed by atoms with Crippen LogP contribution in [0.5, 0.6) is 0 Å². The van der Waals surface area contributed by atoms with Crippen molar-refractivity contribution in [3.63, 3.8) is 0 Å². The Morgan fingerprint density at radius 3 is 1.31 bits per heavy atom. The maximum absolute atomic E-state index is 13.7. The van der Waals surface area contributed by atoms with Gasteiger partial charge in [0, 0.05) is 33.9 Å². The van der Waals surface area contributed by atoms with Crippen LogP contribution in [0, 0.1) is 11.6 Å². The monoisotopic (exact) mass is 462 g/mol. The van der Waals surface area contributed by atoms with E-state index in [-0.39, 0.29) is 33.8 Å². The summed E-state index contributed by atoms with van der Waals surface area (Å²) in [6.07, 6.45) is -10.1. The molecule has 0 aromatic heterocycles. The fourth-order valence-electron chi connectivity index (χ4n) is 2.76. The van der Waals surface area contributed by atoms with Crippen LogP contribution in [0.4, 0.5) is 35.1 Å². The molecule has 0 amide bonds. The molecule has 11 heteroatoms. The van der Waals surface area contributed by atoms with E-state index in [9.17, 15) is 35.1 Å². The molecule has 1 nitrogen and oxygen atoms in total. The first-order valence-corrected chi connectivity index (χ1v) is 9.68. The predicted octanol–water partition coefficient (Wildman–Crippen LogP) is 7.86. The van der Waals surface area contributed by atoms with Crippen LogP contribution in [0.25, 0.3) is 0 Å². The second-order valence-electron chi connectivity index (χ2n) is 5.74. The van der Waals surface area contributed by atoms with E-state index in [4.69, 9.17) is 3.63 Å². The van der Waals surface area contributed by atoms with E-state index in [0.29, 0.717) is 36.2 Å². The molecule has 2 aromatic carbocycles. The van der Waals surface area contributed by atoms with Crippen LogP contribution < -0.4 is 0 Å². The first-order chi connectivity index (χ1) is 13.4. The molecule has 0 N–H and O–H groups in total. The molecule has 0 saturated carbocycles. The van der Waals surface area contributed by atoms with Gasteiger partial charge in [0.1, 0.15) is 11.6 Å². The van der Waals surface area contributed by atoms with E-state index in [1.807, 2.05) is 0 Å². The quantitative estimate of drug-likeness (QED) is 0.320. The molecule has 2 rings (SSSR count). The van der Waals surface area contributed by atoms with E-state index in [0.717, 1.165) is 12.1 Å². The summed E-state index contributed by atoms with van der Waals surface area (Å²) >= 11 is 0.927. The predicted molar refractivity (Wildman–Crippen MR) is 94.4 cm³/mol. The number of halogens is 8. The summed E-state index contributed by atoms with van der Waals surface area (Å²) in [5.74, 6) is -2.85. The zero-order chi connectivity index (χ0) is 22.0. The Morgan fingerprint density at radius 1 is 0.690 bits per heavy atom. The second-order valence-corrected chi connectivity index (χ2v) is 7.49. The number of hydrogen-bond donors (Lipinski definition) is 0. The molecule has 160 valence electrons. The lowest BCUT2D eigenvalue weighted by atomic mass is 10.0. The van der Waals surface area contributed by atoms with Gasteiger partial charge in [-0.05, 0) is 48.2 Å². The van der Waals surface area contributed by atoms with Crippen molar-refractivity contribution >= 4 is 24.1 Å². The standard InChI is InChI=1S/C18H14F8OS2/c1-3-9-13(7-5-11(19)15(9)17(21,22)23)28-27-29-14-8-6-12(20)16(10(14)4-2)18(24,25)26/h5-8H,3-4H2,1-2H3. The zero-order valence-electron chi connectivity index (χ0n) is 15.0. The van der Waals surface area contributed by atoms with Crippen molar-refractivity contribution in [2.45, 2.75) is 48.8 Å². The van der Waals surface area contributed by atoms with Gasteiger partial charge in [-0.15, -0.1) is 0 Å². The van der Waals surface area contributed by atoms with E-state index >= 15 is 0 Å². The summed E-state index contributed by atoms with van der Waals surface area (Å²) in [5.41, 5.74) is -3.47. The van der Waals surface area contributed by atoms with Crippen LogP contribution in [0.2, 0.25) is 0 Å². The molecule has 0 fully saturated rings. The smallest absolute Gasteiger partial charge is 0.237 e. The molecule has 0 aliphatic rings. The highest BCUT2D eigenvalue weighted by Crippen LogP contribution is 2.43. The minimum Gasteiger partial charge on any atom is -0.237 e. The lowest BCUT2D eigenvalue weighted by Gasteiger charge is -2.17. The highest BCUT2D eigenvalue weighted by atomic mass is 32.2. The second kappa shape index (κ2) is 9.13. The maximum atomic E-state index is 13.7. The van der Waals surface area contributed by atoms with Gasteiger partial charge in [0.05, 0.1) is 11.1 Å². The number of hydrogen-bond acceptors (Lipinski definition) is 3. The average Bonchev–Trinajstić information content (AvgIpc) is 2.61. The summed E-state index contributed by atoms with van der Waals surface area (Å²) in [6, 6.07) is 3.49. The Labute approximate surface area is 170 Å². The molecular formula is C18H14F8OS2. The maximum Gasteiger partial charge on any atom is 0.419 e. The molecule has 29 heavy (non-hydrogen) atoms. The van der Waals surface area contributed by atoms with E-state index < -0.39 is 35.1 Å². The van der Waals surface area contributed by atoms with Gasteiger partial charge in [0.2, 0.25) is 0 Å². The first-order valence-electron chi connectivity index (χ1n) is 8.20. The number of alkyl halides is 6. The van der Waals surface area contributed by atoms with Crippen LogP contribution in [-0.2, 0) is 28.8 Å². The number of benzene rings is 2. The highest BCUT2D eigenvalue weighted by Gasteiger charge is 2.38. The third kappa shape index (κ3) is 5.37. The zero-order valence-corrected chi connectivity index (χ0v) is 16.6. The first kappa shape index (κ1) is 23.8. The van der Waals surface area contributed by atoms with Gasteiger partial charge in [-0.25, -0.2) is 12.4 Å². The molecule has 0 atom stereocenters. The van der Waals surface area contributed by atoms with Gasteiger partial charge < -0.3 is 0 Å². The highest BCUT2D eigenvalue weighted by molar-refractivity contribution is 8.08. The summed E-state index contributed by atoms with van der Waals surface area (Å²) in [4.78, 5) is -0.0464. The molecule has 2 aromatic rings. The summed E-state index contributed by atoms with van der Waals surface area (Å²) < 4.78 is 111. The molecule has 0 unspecified atom stereocenters. The Kier molecular flexibility index (Phi) is 7.50. The van der Waals surface area contributed by atoms with E-state index in [1.54, 1.807) is 0 Å². The van der Waals surface area contributed by atoms with Crippen molar-refractivity contribution in [3.05, 3.63) is 58.2 Å². The molecule has 0 saturated heterocycles. The van der Waals surface area contributed by atoms with Crippen molar-refractivity contribution in [3.8, 4) is 0 Å². The van der Waals surface area contributed by atoms with Crippen LogP contribution >= 0.6 is 24.1 Å². The van der Waals surface area contributed by atoms with Gasteiger partial charge in [0.15, 0.2) is 0 Å². The van der Waals surface area contributed by atoms with Gasteiger partial charge in [-0.3, -0.25) is 0 Å². The van der Waals surface area contributed by atoms with Crippen LogP contribution in [-0.4, -0.2) is 0 Å². The Bertz CT molecular complexity index is 806. The summed E-state index contributed by atoms with van der Waals surface area (Å²) in [6.45, 7) is 2.82. The fourth-order valence-corrected chi connectivity index (χ4v) is 4.43. The molecular weight excluding hydrogens is 448 g/mol. The van der Waals surface area contributed by atoms with Crippen LogP contribution in [0.15, 0.2) is 34.1 Å². The van der Waals surface area contributed by atoms with Crippen LogP contribution in [0.1, 0.15) is 36.1 Å². The molecule has 0 spiro atoms. The van der Waals surface area contributed by atoms with Gasteiger partial charge in [0.25, 0.3) is 0 Å². The Hall–Kier alpha value is -1.46. The van der Waals surface area contributed by atoms with Crippen molar-refractivity contribution in [1.29, 1.82) is 0 Å². The average molecular weight is 462 g/mol. The molecule has 0 bridgehead atoms. The van der Waals surface area contributed by atoms with Gasteiger partial charge >= 0.3 is 12.4 Å². The normalized spacial score (nSPS) is 12.5. The van der Waals surface area contributed by atoms with Gasteiger partial charge in [-0.1, -0.05) is 13.8 Å². The SMILES string of the molecule is CCc1c(SOSc2ccc(F)c(C(F)(F)F)c2CC)ccc(F)c1C(F)(F)F. The molecule has 0 radical (unpaired) electrons. The molecule has 0 aliphatic carbocycles. The van der Waals surface area contributed by atoms with Crippen molar-refractivity contribution in [1.82, 2.24) is 0 Å². The minimum absolute atomic E-state index is 0.0232. The van der Waals surface area contributed by atoms with Crippen molar-refractivity contribution < 1.29 is 38.8 Å². The van der Waals surface area contributed by atoms with E-state index in [1.165, 1.54) is 13.8 Å². The van der Waals surface area contributed by atoms with Crippen molar-refractivity contribution in [2.24, 2.45) is 0 Å². The third-order valence-corrected chi connectivity index (χ3v) is 5.63. The van der Waals surface area contributed by atoms with Crippen molar-refractivity contribution in [2.75, 3.05) is 0 Å². The summed E-state index contributed by atoms with van der Waals surface area (Å²) in [5, 5.41) is 0. The topological polar surface area (TPSA) is 9.23 Å². The summed E-state index contributed by atoms with van der Waals surface area (Å²) in [7, 11) is 0. The third-order valence-electron chi connectivity index (χ3n) is 3.96. The Balaban J connectivity index is 2.30. The molecule has 0 heterocycles. The number of rotatable bonds is 6. The minimum atomic E-state index is -4.91. The Morgan fingerprint density at radius 2 is 1.03 bits per heavy atom. The largest absolute Gasteiger partial charge is 0.419 e. The lowest BCUT2D eigenvalue weighted by molar-refractivity contribution is -0.141. The fraction of sp³-hybridized carbons (Fsp3) is 0.333.